The Morgan fingerprint density at radius 1 is 1.08 bits per heavy atom. The molecule has 0 spiro atoms. The van der Waals surface area contributed by atoms with E-state index < -0.39 is 38.3 Å². The van der Waals surface area contributed by atoms with Crippen molar-refractivity contribution in [1.82, 2.24) is 19.5 Å². The molecule has 3 heterocycles. The molecule has 4 atom stereocenters. The molecule has 0 saturated carbocycles. The maximum absolute atomic E-state index is 11.3. The lowest BCUT2D eigenvalue weighted by atomic mass is 10.1. The number of anilines is 2. The average Bonchev–Trinajstić information content (AvgIpc) is 3.51. The predicted octanol–water partition coefficient (Wildman–Crippen LogP) is 2.98. The van der Waals surface area contributed by atoms with E-state index in [0.29, 0.717) is 11.3 Å². The van der Waals surface area contributed by atoms with Crippen molar-refractivity contribution in [2.45, 2.75) is 37.4 Å². The Hall–Kier alpha value is -2.89. The zero-order valence-electron chi connectivity index (χ0n) is 19.3. The number of aliphatic hydroxyl groups is 2. The largest absolute Gasteiger partial charge is 0.388 e. The summed E-state index contributed by atoms with van der Waals surface area (Å²) in [6.07, 6.45) is -3.12. The summed E-state index contributed by atoms with van der Waals surface area (Å²) in [5, 5.41) is 24.2. The molecule has 37 heavy (non-hydrogen) atoms. The van der Waals surface area contributed by atoms with Gasteiger partial charge in [0.05, 0.1) is 18.6 Å². The average molecular weight is 544 g/mol. The molecule has 6 rings (SSSR count). The topological polar surface area (TPSA) is 163 Å². The first kappa shape index (κ1) is 24.4. The Kier molecular flexibility index (Phi) is 6.04. The molecule has 4 unspecified atom stereocenters. The maximum Gasteiger partial charge on any atom is 0.325 e. The molecule has 192 valence electrons. The Labute approximate surface area is 215 Å². The molecule has 2 aromatic carbocycles. The molecule has 0 radical (unpaired) electrons. The molecular formula is C24H23ClN5O6P. The second kappa shape index (κ2) is 9.14. The number of fused-ring (bicyclic) bond motifs is 4. The summed E-state index contributed by atoms with van der Waals surface area (Å²) in [6.45, 7) is 0. The van der Waals surface area contributed by atoms with Crippen LogP contribution in [0.5, 0.6) is 0 Å². The van der Waals surface area contributed by atoms with Gasteiger partial charge in [0.25, 0.3) is 0 Å². The summed E-state index contributed by atoms with van der Waals surface area (Å²) in [5.41, 5.74) is 6.26. The fourth-order valence-electron chi connectivity index (χ4n) is 4.99. The number of halogens is 1. The summed E-state index contributed by atoms with van der Waals surface area (Å²) in [6, 6.07) is 14.3. The van der Waals surface area contributed by atoms with Gasteiger partial charge in [0, 0.05) is 5.69 Å². The summed E-state index contributed by atoms with van der Waals surface area (Å²) < 4.78 is 18.5. The minimum Gasteiger partial charge on any atom is -0.388 e. The van der Waals surface area contributed by atoms with E-state index in [1.165, 1.54) is 27.6 Å². The Morgan fingerprint density at radius 3 is 2.68 bits per heavy atom. The van der Waals surface area contributed by atoms with Gasteiger partial charge in [0.2, 0.25) is 5.28 Å². The number of hydrogen-bond donors (Lipinski definition) is 5. The molecule has 1 aliphatic heterocycles. The van der Waals surface area contributed by atoms with Crippen LogP contribution < -0.4 is 5.32 Å². The minimum absolute atomic E-state index is 0.0608. The van der Waals surface area contributed by atoms with Gasteiger partial charge >= 0.3 is 7.60 Å². The number of aliphatic hydroxyl groups excluding tert-OH is 2. The maximum atomic E-state index is 11.3. The number of nitrogens with zero attached hydrogens (tertiary/aromatic N) is 4. The van der Waals surface area contributed by atoms with Crippen LogP contribution in [0.15, 0.2) is 48.8 Å². The third kappa shape index (κ3) is 4.53. The van der Waals surface area contributed by atoms with Crippen LogP contribution >= 0.6 is 19.2 Å². The normalized spacial score (nSPS) is 22.8. The molecule has 0 amide bonds. The Morgan fingerprint density at radius 2 is 1.86 bits per heavy atom. The van der Waals surface area contributed by atoms with Crippen molar-refractivity contribution < 1.29 is 29.3 Å². The lowest BCUT2D eigenvalue weighted by Gasteiger charge is -2.17. The predicted molar refractivity (Wildman–Crippen MR) is 136 cm³/mol. The number of ether oxygens (including phenoxy) is 1. The number of benzene rings is 2. The summed E-state index contributed by atoms with van der Waals surface area (Å²) in [4.78, 5) is 31.3. The Balaban J connectivity index is 1.30. The smallest absolute Gasteiger partial charge is 0.325 e. The van der Waals surface area contributed by atoms with Crippen LogP contribution in [0.1, 0.15) is 23.8 Å². The summed E-state index contributed by atoms with van der Waals surface area (Å²) in [5.74, 6) is 0.353. The highest BCUT2D eigenvalue weighted by Crippen LogP contribution is 2.41. The fourth-order valence-corrected chi connectivity index (χ4v) is 5.75. The first-order chi connectivity index (χ1) is 17.7. The van der Waals surface area contributed by atoms with E-state index in [1.807, 2.05) is 24.3 Å². The number of aromatic nitrogens is 4. The Bertz CT molecular complexity index is 1560. The first-order valence-corrected chi connectivity index (χ1v) is 13.8. The van der Waals surface area contributed by atoms with Crippen LogP contribution in [0.4, 0.5) is 11.5 Å². The monoisotopic (exact) mass is 543 g/mol. The van der Waals surface area contributed by atoms with E-state index >= 15 is 0 Å². The van der Waals surface area contributed by atoms with Crippen LogP contribution in [-0.2, 0) is 15.7 Å². The van der Waals surface area contributed by atoms with Gasteiger partial charge < -0.3 is 30.1 Å². The van der Waals surface area contributed by atoms with Gasteiger partial charge in [-0.15, -0.1) is 0 Å². The van der Waals surface area contributed by atoms with Crippen LogP contribution in [0.3, 0.4) is 0 Å². The SMILES string of the molecule is O=P(O)(O)CCC1OC(n2cnc3c(Nc4ccc5c(c4)-c4ccccc4C5)nc(Cl)nc32)C(O)C1O. The van der Waals surface area contributed by atoms with E-state index in [2.05, 4.69) is 38.5 Å². The molecule has 4 aromatic rings. The van der Waals surface area contributed by atoms with Crippen molar-refractivity contribution in [2.24, 2.45) is 0 Å². The van der Waals surface area contributed by atoms with Gasteiger partial charge in [-0.2, -0.15) is 9.97 Å². The second-order valence-corrected chi connectivity index (χ2v) is 11.3. The second-order valence-electron chi connectivity index (χ2n) is 9.22. The van der Waals surface area contributed by atoms with Crippen molar-refractivity contribution in [1.29, 1.82) is 0 Å². The van der Waals surface area contributed by atoms with Gasteiger partial charge in [-0.05, 0) is 58.8 Å². The molecule has 1 fully saturated rings. The van der Waals surface area contributed by atoms with Crippen molar-refractivity contribution in [3.63, 3.8) is 0 Å². The van der Waals surface area contributed by atoms with Crippen LogP contribution in [0.2, 0.25) is 5.28 Å². The molecule has 1 saturated heterocycles. The highest BCUT2D eigenvalue weighted by atomic mass is 35.5. The third-order valence-corrected chi connectivity index (χ3v) is 7.78. The standard InChI is InChI=1S/C24H23ClN5O6P/c25-24-28-21(27-14-6-5-13-9-12-3-1-2-4-15(12)16(13)10-14)18-22(29-24)30(11-26-18)23-20(32)19(31)17(36-23)7-8-37(33,34)35/h1-6,10-11,17,19-20,23,31-32H,7-9H2,(H,27,28,29)(H2,33,34,35). The molecule has 0 bridgehead atoms. The summed E-state index contributed by atoms with van der Waals surface area (Å²) in [7, 11) is -4.29. The summed E-state index contributed by atoms with van der Waals surface area (Å²) >= 11 is 6.24. The molecule has 2 aliphatic rings. The van der Waals surface area contributed by atoms with E-state index in [0.717, 1.165) is 17.7 Å². The quantitative estimate of drug-likeness (QED) is 0.159. The fraction of sp³-hybridized carbons (Fsp3) is 0.292. The number of rotatable bonds is 6. The molecule has 13 heteroatoms. The van der Waals surface area contributed by atoms with Crippen LogP contribution in [-0.4, -0.2) is 64.0 Å². The van der Waals surface area contributed by atoms with E-state index in [4.69, 9.17) is 26.1 Å². The lowest BCUT2D eigenvalue weighted by Crippen LogP contribution is -2.31. The molecular weight excluding hydrogens is 521 g/mol. The van der Waals surface area contributed by atoms with Crippen LogP contribution in [0.25, 0.3) is 22.3 Å². The van der Waals surface area contributed by atoms with Crippen molar-refractivity contribution >= 4 is 41.9 Å². The lowest BCUT2D eigenvalue weighted by molar-refractivity contribution is -0.0355. The molecule has 2 aromatic heterocycles. The third-order valence-electron chi connectivity index (χ3n) is 6.77. The van der Waals surface area contributed by atoms with E-state index in [1.54, 1.807) is 0 Å². The van der Waals surface area contributed by atoms with Gasteiger partial charge in [-0.1, -0.05) is 30.3 Å². The van der Waals surface area contributed by atoms with Crippen molar-refractivity contribution in [3.8, 4) is 11.1 Å². The van der Waals surface area contributed by atoms with Crippen molar-refractivity contribution in [3.05, 3.63) is 65.2 Å². The minimum atomic E-state index is -4.29. The zero-order chi connectivity index (χ0) is 25.9. The number of nitrogens with one attached hydrogen (secondary N) is 1. The highest BCUT2D eigenvalue weighted by molar-refractivity contribution is 7.51. The van der Waals surface area contributed by atoms with E-state index in [9.17, 15) is 14.8 Å². The van der Waals surface area contributed by atoms with Crippen LogP contribution in [0, 0.1) is 0 Å². The zero-order valence-corrected chi connectivity index (χ0v) is 20.9. The molecule has 11 nitrogen and oxygen atoms in total. The van der Waals surface area contributed by atoms with Gasteiger partial charge in [0.1, 0.15) is 12.2 Å². The van der Waals surface area contributed by atoms with E-state index in [-0.39, 0.29) is 17.4 Å². The van der Waals surface area contributed by atoms with Gasteiger partial charge in [-0.3, -0.25) is 9.13 Å². The number of imidazole rings is 1. The number of hydrogen-bond acceptors (Lipinski definition) is 8. The molecule has 5 N–H and O–H groups in total. The highest BCUT2D eigenvalue weighted by Gasteiger charge is 2.44. The first-order valence-electron chi connectivity index (χ1n) is 11.6. The van der Waals surface area contributed by atoms with Crippen molar-refractivity contribution in [2.75, 3.05) is 11.5 Å². The van der Waals surface area contributed by atoms with Gasteiger partial charge in [-0.25, -0.2) is 4.98 Å². The molecule has 1 aliphatic carbocycles. The van der Waals surface area contributed by atoms with Gasteiger partial charge in [0.15, 0.2) is 23.2 Å².